The van der Waals surface area contributed by atoms with Crippen LogP contribution >= 0.6 is 0 Å². The van der Waals surface area contributed by atoms with Crippen molar-refractivity contribution in [3.8, 4) is 22.8 Å². The van der Waals surface area contributed by atoms with Gasteiger partial charge in [-0.05, 0) is 18.2 Å². The van der Waals surface area contributed by atoms with E-state index in [1.807, 2.05) is 34.9 Å². The third kappa shape index (κ3) is 2.91. The molecule has 0 aliphatic rings. The molecule has 7 nitrogen and oxygen atoms in total. The second-order valence-corrected chi connectivity index (χ2v) is 4.91. The predicted octanol–water partition coefficient (Wildman–Crippen LogP) is 1.78. The molecule has 0 atom stereocenters. The molecule has 23 heavy (non-hydrogen) atoms. The van der Waals surface area contributed by atoms with Gasteiger partial charge in [-0.15, -0.1) is 0 Å². The van der Waals surface area contributed by atoms with Crippen molar-refractivity contribution in [2.75, 3.05) is 32.6 Å². The highest BCUT2D eigenvalue weighted by atomic mass is 16.5. The molecule has 3 N–H and O–H groups in total. The van der Waals surface area contributed by atoms with Gasteiger partial charge < -0.3 is 20.5 Å². The van der Waals surface area contributed by atoms with Gasteiger partial charge in [0.2, 0.25) is 5.95 Å². The predicted molar refractivity (Wildman–Crippen MR) is 89.1 cm³/mol. The summed E-state index contributed by atoms with van der Waals surface area (Å²) < 4.78 is 12.5. The Balaban J connectivity index is 2.08. The van der Waals surface area contributed by atoms with Crippen molar-refractivity contribution in [3.63, 3.8) is 0 Å². The summed E-state index contributed by atoms with van der Waals surface area (Å²) in [6.07, 6.45) is 3.60. The molecule has 0 bridgehead atoms. The van der Waals surface area contributed by atoms with E-state index in [2.05, 4.69) is 15.3 Å². The van der Waals surface area contributed by atoms with E-state index in [0.717, 1.165) is 16.9 Å². The molecule has 0 aliphatic heterocycles. The van der Waals surface area contributed by atoms with Crippen molar-refractivity contribution in [1.82, 2.24) is 14.4 Å². The number of methoxy groups -OCH3 is 2. The molecule has 0 radical (unpaired) electrons. The summed E-state index contributed by atoms with van der Waals surface area (Å²) in [5, 5.41) is 3.22. The van der Waals surface area contributed by atoms with E-state index >= 15 is 0 Å². The number of ether oxygens (including phenoxy) is 2. The van der Waals surface area contributed by atoms with Crippen molar-refractivity contribution in [2.24, 2.45) is 5.73 Å². The summed E-state index contributed by atoms with van der Waals surface area (Å²) in [6.45, 7) is 1.16. The van der Waals surface area contributed by atoms with Crippen LogP contribution in [0.4, 0.5) is 5.95 Å². The zero-order valence-corrected chi connectivity index (χ0v) is 13.1. The molecule has 3 rings (SSSR count). The molecular weight excluding hydrogens is 294 g/mol. The van der Waals surface area contributed by atoms with Crippen LogP contribution in [0.15, 0.2) is 36.7 Å². The van der Waals surface area contributed by atoms with Crippen LogP contribution in [-0.2, 0) is 0 Å². The fourth-order valence-corrected chi connectivity index (χ4v) is 2.38. The number of imidazole rings is 1. The second kappa shape index (κ2) is 6.53. The normalized spacial score (nSPS) is 10.7. The van der Waals surface area contributed by atoms with Crippen LogP contribution in [0, 0.1) is 0 Å². The molecule has 0 unspecified atom stereocenters. The number of benzene rings is 1. The highest BCUT2D eigenvalue weighted by molar-refractivity contribution is 5.68. The zero-order chi connectivity index (χ0) is 16.2. The Hall–Kier alpha value is -2.80. The number of nitrogens with zero attached hydrogens (tertiary/aromatic N) is 3. The maximum absolute atomic E-state index is 5.57. The second-order valence-electron chi connectivity index (χ2n) is 4.91. The van der Waals surface area contributed by atoms with Gasteiger partial charge in [-0.1, -0.05) is 0 Å². The first-order valence-corrected chi connectivity index (χ1v) is 7.27. The average molecular weight is 313 g/mol. The van der Waals surface area contributed by atoms with E-state index < -0.39 is 0 Å². The van der Waals surface area contributed by atoms with Gasteiger partial charge in [-0.25, -0.2) is 9.97 Å². The maximum atomic E-state index is 5.57. The Kier molecular flexibility index (Phi) is 4.29. The van der Waals surface area contributed by atoms with E-state index in [-0.39, 0.29) is 0 Å². The number of hydrogen-bond donors (Lipinski definition) is 2. The fraction of sp³-hybridized carbons (Fsp3) is 0.250. The number of hydrogen-bond acceptors (Lipinski definition) is 6. The minimum atomic E-state index is 0.526. The summed E-state index contributed by atoms with van der Waals surface area (Å²) >= 11 is 0. The summed E-state index contributed by atoms with van der Waals surface area (Å²) in [4.78, 5) is 9.02. The molecule has 3 aromatic rings. The largest absolute Gasteiger partial charge is 0.493 e. The standard InChI is InChI=1S/C16H19N5O2/c1-22-13-4-3-11(9-14(13)23-2)12-10-15-18-7-8-21(15)16(20-12)19-6-5-17/h3-4,7-10H,5-6,17H2,1-2H3,(H,19,20). The third-order valence-electron chi connectivity index (χ3n) is 3.50. The first kappa shape index (κ1) is 15.1. The van der Waals surface area contributed by atoms with Gasteiger partial charge in [-0.3, -0.25) is 4.40 Å². The lowest BCUT2D eigenvalue weighted by Gasteiger charge is -2.12. The van der Waals surface area contributed by atoms with E-state index in [4.69, 9.17) is 15.2 Å². The Bertz CT molecular complexity index is 815. The van der Waals surface area contributed by atoms with Crippen LogP contribution in [0.5, 0.6) is 11.5 Å². The molecule has 0 amide bonds. The van der Waals surface area contributed by atoms with E-state index in [1.165, 1.54) is 0 Å². The van der Waals surface area contributed by atoms with Gasteiger partial charge in [0, 0.05) is 37.1 Å². The molecule has 1 aromatic carbocycles. The SMILES string of the molecule is COc1ccc(-c2cc3nccn3c(NCCN)n2)cc1OC. The topological polar surface area (TPSA) is 86.7 Å². The van der Waals surface area contributed by atoms with Gasteiger partial charge in [0.05, 0.1) is 19.9 Å². The van der Waals surface area contributed by atoms with Gasteiger partial charge >= 0.3 is 0 Å². The van der Waals surface area contributed by atoms with Crippen molar-refractivity contribution in [3.05, 3.63) is 36.7 Å². The van der Waals surface area contributed by atoms with Crippen LogP contribution < -0.4 is 20.5 Å². The minimum absolute atomic E-state index is 0.526. The fourth-order valence-electron chi connectivity index (χ4n) is 2.38. The van der Waals surface area contributed by atoms with Crippen LogP contribution in [0.2, 0.25) is 0 Å². The average Bonchev–Trinajstić information content (AvgIpc) is 3.07. The number of anilines is 1. The van der Waals surface area contributed by atoms with Crippen LogP contribution in [0.1, 0.15) is 0 Å². The van der Waals surface area contributed by atoms with Crippen LogP contribution in [0.25, 0.3) is 16.9 Å². The number of nitrogens with one attached hydrogen (secondary N) is 1. The lowest BCUT2D eigenvalue weighted by molar-refractivity contribution is 0.355. The Labute approximate surface area is 134 Å². The number of rotatable bonds is 6. The van der Waals surface area contributed by atoms with Crippen molar-refractivity contribution >= 4 is 11.6 Å². The Morgan fingerprint density at radius 1 is 1.17 bits per heavy atom. The first-order valence-electron chi connectivity index (χ1n) is 7.27. The van der Waals surface area contributed by atoms with Gasteiger partial charge in [0.15, 0.2) is 11.5 Å². The number of nitrogens with two attached hydrogens (primary N) is 1. The number of fused-ring (bicyclic) bond motifs is 1. The summed E-state index contributed by atoms with van der Waals surface area (Å²) in [6, 6.07) is 7.62. The smallest absolute Gasteiger partial charge is 0.209 e. The molecular formula is C16H19N5O2. The zero-order valence-electron chi connectivity index (χ0n) is 13.1. The first-order chi connectivity index (χ1) is 11.3. The van der Waals surface area contributed by atoms with Crippen molar-refractivity contribution < 1.29 is 9.47 Å². The monoisotopic (exact) mass is 313 g/mol. The Morgan fingerprint density at radius 3 is 2.74 bits per heavy atom. The quantitative estimate of drug-likeness (QED) is 0.721. The van der Waals surface area contributed by atoms with E-state index in [0.29, 0.717) is 30.5 Å². The summed E-state index contributed by atoms with van der Waals surface area (Å²) in [7, 11) is 3.22. The molecule has 0 saturated heterocycles. The van der Waals surface area contributed by atoms with Crippen LogP contribution in [0.3, 0.4) is 0 Å². The Morgan fingerprint density at radius 2 is 2.00 bits per heavy atom. The van der Waals surface area contributed by atoms with Crippen molar-refractivity contribution in [1.29, 1.82) is 0 Å². The summed E-state index contributed by atoms with van der Waals surface area (Å²) in [5.41, 5.74) is 8.09. The van der Waals surface area contributed by atoms with Crippen molar-refractivity contribution in [2.45, 2.75) is 0 Å². The molecule has 7 heteroatoms. The lowest BCUT2D eigenvalue weighted by atomic mass is 10.1. The molecule has 120 valence electrons. The maximum Gasteiger partial charge on any atom is 0.209 e. The highest BCUT2D eigenvalue weighted by Crippen LogP contribution is 2.32. The summed E-state index contributed by atoms with van der Waals surface area (Å²) in [5.74, 6) is 2.04. The molecule has 0 saturated carbocycles. The minimum Gasteiger partial charge on any atom is -0.493 e. The molecule has 0 fully saturated rings. The molecule has 0 aliphatic carbocycles. The van der Waals surface area contributed by atoms with Gasteiger partial charge in [0.25, 0.3) is 0 Å². The van der Waals surface area contributed by atoms with E-state index in [9.17, 15) is 0 Å². The highest BCUT2D eigenvalue weighted by Gasteiger charge is 2.11. The lowest BCUT2D eigenvalue weighted by Crippen LogP contribution is -2.16. The molecule has 2 aromatic heterocycles. The van der Waals surface area contributed by atoms with E-state index in [1.54, 1.807) is 20.4 Å². The van der Waals surface area contributed by atoms with Gasteiger partial charge in [-0.2, -0.15) is 0 Å². The molecule has 2 heterocycles. The number of aromatic nitrogens is 3. The van der Waals surface area contributed by atoms with Crippen LogP contribution in [-0.4, -0.2) is 41.7 Å². The third-order valence-corrected chi connectivity index (χ3v) is 3.50. The molecule has 0 spiro atoms. The van der Waals surface area contributed by atoms with Gasteiger partial charge in [0.1, 0.15) is 5.65 Å².